The van der Waals surface area contributed by atoms with E-state index in [2.05, 4.69) is 25.2 Å². The van der Waals surface area contributed by atoms with Gasteiger partial charge in [-0.05, 0) is 43.6 Å². The first-order valence-corrected chi connectivity index (χ1v) is 8.14. The van der Waals surface area contributed by atoms with Crippen molar-refractivity contribution in [3.63, 3.8) is 0 Å². The fourth-order valence-electron chi connectivity index (χ4n) is 3.09. The van der Waals surface area contributed by atoms with Crippen molar-refractivity contribution in [1.82, 2.24) is 0 Å². The number of ether oxygens (including phenoxy) is 1. The monoisotopic (exact) mass is 304 g/mol. The predicted molar refractivity (Wildman–Crippen MR) is 84.4 cm³/mol. The van der Waals surface area contributed by atoms with Crippen molar-refractivity contribution >= 4 is 5.57 Å². The van der Waals surface area contributed by atoms with Crippen molar-refractivity contribution in [2.75, 3.05) is 6.61 Å². The van der Waals surface area contributed by atoms with E-state index in [4.69, 9.17) is 4.74 Å². The molecule has 0 amide bonds. The molecular formula is C19H22F2O. The van der Waals surface area contributed by atoms with Gasteiger partial charge in [0.1, 0.15) is 6.10 Å². The third kappa shape index (κ3) is 3.30. The predicted octanol–water partition coefficient (Wildman–Crippen LogP) is 5.58. The summed E-state index contributed by atoms with van der Waals surface area (Å²) in [5.74, 6) is -0.837. The number of halogens is 2. The highest BCUT2D eigenvalue weighted by molar-refractivity contribution is 5.67. The molecule has 2 unspecified atom stereocenters. The molecule has 1 heterocycles. The standard InChI is InChI=1S/C19H22F2O/c1-2-3-4-5-13-6-8-14(9-7-13)15-10-11-16(17-12-22-17)19(21)18(15)20/h3-4,8,10-11,13,17H,2,5-7,9,12H2,1H3/b4-3-. The van der Waals surface area contributed by atoms with Gasteiger partial charge in [0, 0.05) is 11.1 Å². The molecule has 1 fully saturated rings. The van der Waals surface area contributed by atoms with Gasteiger partial charge >= 0.3 is 0 Å². The van der Waals surface area contributed by atoms with Crippen LogP contribution >= 0.6 is 0 Å². The number of epoxide rings is 1. The van der Waals surface area contributed by atoms with Crippen molar-refractivity contribution in [2.24, 2.45) is 5.92 Å². The lowest BCUT2D eigenvalue weighted by Gasteiger charge is -2.21. The molecule has 0 spiro atoms. The van der Waals surface area contributed by atoms with Gasteiger partial charge in [-0.2, -0.15) is 0 Å². The largest absolute Gasteiger partial charge is 0.368 e. The summed E-state index contributed by atoms with van der Waals surface area (Å²) >= 11 is 0. The molecule has 1 aliphatic carbocycles. The Balaban J connectivity index is 1.72. The quantitative estimate of drug-likeness (QED) is 0.511. The highest BCUT2D eigenvalue weighted by Gasteiger charge is 2.30. The number of hydrogen-bond acceptors (Lipinski definition) is 1. The van der Waals surface area contributed by atoms with Crippen molar-refractivity contribution in [3.8, 4) is 0 Å². The van der Waals surface area contributed by atoms with Crippen LogP contribution in [0.1, 0.15) is 56.3 Å². The Hall–Kier alpha value is -1.48. The molecule has 2 aliphatic rings. The Kier molecular flexibility index (Phi) is 4.72. The number of allylic oxidation sites excluding steroid dienone is 4. The van der Waals surface area contributed by atoms with Crippen LogP contribution in [0.15, 0.2) is 30.4 Å². The molecule has 0 N–H and O–H groups in total. The van der Waals surface area contributed by atoms with E-state index in [9.17, 15) is 8.78 Å². The van der Waals surface area contributed by atoms with E-state index in [1.165, 1.54) is 0 Å². The fraction of sp³-hybridized carbons (Fsp3) is 0.474. The highest BCUT2D eigenvalue weighted by Crippen LogP contribution is 2.37. The summed E-state index contributed by atoms with van der Waals surface area (Å²) in [6, 6.07) is 3.38. The zero-order valence-corrected chi connectivity index (χ0v) is 12.9. The molecule has 2 atom stereocenters. The van der Waals surface area contributed by atoms with Crippen LogP contribution in [0.4, 0.5) is 8.78 Å². The molecule has 118 valence electrons. The molecule has 3 rings (SSSR count). The summed E-state index contributed by atoms with van der Waals surface area (Å²) in [5, 5.41) is 0. The summed E-state index contributed by atoms with van der Waals surface area (Å²) in [6.45, 7) is 2.62. The van der Waals surface area contributed by atoms with Gasteiger partial charge in [0.15, 0.2) is 11.6 Å². The second kappa shape index (κ2) is 6.74. The van der Waals surface area contributed by atoms with Crippen LogP contribution in [0.25, 0.3) is 5.57 Å². The van der Waals surface area contributed by atoms with Gasteiger partial charge < -0.3 is 4.74 Å². The first kappa shape index (κ1) is 15.4. The molecular weight excluding hydrogens is 282 g/mol. The Morgan fingerprint density at radius 2 is 2.05 bits per heavy atom. The minimum atomic E-state index is -0.742. The molecule has 0 saturated carbocycles. The van der Waals surface area contributed by atoms with Crippen LogP contribution in [0.2, 0.25) is 0 Å². The third-order valence-electron chi connectivity index (χ3n) is 4.53. The minimum absolute atomic E-state index is 0.251. The van der Waals surface area contributed by atoms with E-state index in [0.717, 1.165) is 37.7 Å². The smallest absolute Gasteiger partial charge is 0.166 e. The highest BCUT2D eigenvalue weighted by atomic mass is 19.2. The van der Waals surface area contributed by atoms with Crippen molar-refractivity contribution in [2.45, 2.75) is 45.1 Å². The van der Waals surface area contributed by atoms with Gasteiger partial charge in [0.2, 0.25) is 0 Å². The third-order valence-corrected chi connectivity index (χ3v) is 4.53. The zero-order chi connectivity index (χ0) is 15.5. The first-order valence-electron chi connectivity index (χ1n) is 8.14. The Morgan fingerprint density at radius 3 is 2.68 bits per heavy atom. The molecule has 1 aliphatic heterocycles. The molecule has 1 aromatic rings. The molecule has 3 heteroatoms. The van der Waals surface area contributed by atoms with Crippen LogP contribution in [0.3, 0.4) is 0 Å². The summed E-state index contributed by atoms with van der Waals surface area (Å²) in [6.07, 6.45) is 11.2. The number of hydrogen-bond donors (Lipinski definition) is 0. The maximum absolute atomic E-state index is 14.3. The van der Waals surface area contributed by atoms with Crippen molar-refractivity contribution in [3.05, 3.63) is 53.1 Å². The number of benzene rings is 1. The summed E-state index contributed by atoms with van der Waals surface area (Å²) in [4.78, 5) is 0. The summed E-state index contributed by atoms with van der Waals surface area (Å²) < 4.78 is 33.4. The fourth-order valence-corrected chi connectivity index (χ4v) is 3.09. The maximum Gasteiger partial charge on any atom is 0.166 e. The average molecular weight is 304 g/mol. The Morgan fingerprint density at radius 1 is 1.23 bits per heavy atom. The zero-order valence-electron chi connectivity index (χ0n) is 12.9. The van der Waals surface area contributed by atoms with E-state index >= 15 is 0 Å². The molecule has 0 bridgehead atoms. The van der Waals surface area contributed by atoms with Gasteiger partial charge in [-0.25, -0.2) is 8.78 Å². The molecule has 1 nitrogen and oxygen atoms in total. The van der Waals surface area contributed by atoms with Crippen molar-refractivity contribution in [1.29, 1.82) is 0 Å². The molecule has 0 radical (unpaired) electrons. The van der Waals surface area contributed by atoms with E-state index < -0.39 is 11.6 Å². The van der Waals surface area contributed by atoms with Crippen LogP contribution in [0, 0.1) is 17.6 Å². The second-order valence-electron chi connectivity index (χ2n) is 6.14. The SMILES string of the molecule is CC/C=C\CC1CC=C(c2ccc(C3CO3)c(F)c2F)CC1. The molecule has 1 aromatic carbocycles. The lowest BCUT2D eigenvalue weighted by molar-refractivity contribution is 0.401. The molecule has 1 saturated heterocycles. The van der Waals surface area contributed by atoms with Crippen LogP contribution in [-0.2, 0) is 4.74 Å². The second-order valence-corrected chi connectivity index (χ2v) is 6.14. The van der Waals surface area contributed by atoms with E-state index in [1.54, 1.807) is 12.1 Å². The van der Waals surface area contributed by atoms with E-state index in [0.29, 0.717) is 23.7 Å². The van der Waals surface area contributed by atoms with Gasteiger partial charge in [0.05, 0.1) is 6.61 Å². The normalized spacial score (nSPS) is 24.6. The summed E-state index contributed by atoms with van der Waals surface area (Å²) in [7, 11) is 0. The van der Waals surface area contributed by atoms with Crippen LogP contribution in [0.5, 0.6) is 0 Å². The van der Waals surface area contributed by atoms with Gasteiger partial charge in [-0.3, -0.25) is 0 Å². The molecule has 0 aromatic heterocycles. The number of rotatable bonds is 5. The van der Waals surface area contributed by atoms with Gasteiger partial charge in [-0.1, -0.05) is 37.3 Å². The lowest BCUT2D eigenvalue weighted by atomic mass is 9.84. The first-order chi connectivity index (χ1) is 10.7. The van der Waals surface area contributed by atoms with E-state index in [-0.39, 0.29) is 6.10 Å². The van der Waals surface area contributed by atoms with Crippen molar-refractivity contribution < 1.29 is 13.5 Å². The molecule has 22 heavy (non-hydrogen) atoms. The Labute approximate surface area is 130 Å². The topological polar surface area (TPSA) is 12.5 Å². The van der Waals surface area contributed by atoms with E-state index in [1.807, 2.05) is 0 Å². The van der Waals surface area contributed by atoms with Gasteiger partial charge in [-0.15, -0.1) is 0 Å². The maximum atomic E-state index is 14.3. The van der Waals surface area contributed by atoms with Crippen LogP contribution in [-0.4, -0.2) is 6.61 Å². The Bertz CT molecular complexity index is 600. The lowest BCUT2D eigenvalue weighted by Crippen LogP contribution is -2.06. The average Bonchev–Trinajstić information content (AvgIpc) is 3.36. The van der Waals surface area contributed by atoms with Gasteiger partial charge in [0.25, 0.3) is 0 Å². The van der Waals surface area contributed by atoms with Crippen LogP contribution < -0.4 is 0 Å². The minimum Gasteiger partial charge on any atom is -0.368 e. The summed E-state index contributed by atoms with van der Waals surface area (Å²) in [5.41, 5.74) is 1.71.